The zero-order chi connectivity index (χ0) is 13.5. The van der Waals surface area contributed by atoms with Crippen LogP contribution in [-0.2, 0) is 14.3 Å². The molecule has 0 aliphatic rings. The summed E-state index contributed by atoms with van der Waals surface area (Å²) in [5.74, 6) is -1.82. The fourth-order valence-electron chi connectivity index (χ4n) is 1.43. The molecule has 0 unspecified atom stereocenters. The number of esters is 1. The number of rotatable bonds is 5. The molecule has 19 heavy (non-hydrogen) atoms. The molecule has 6 heteroatoms. The number of aliphatic carboxylic acids is 1. The first-order chi connectivity index (χ1) is 8.54. The van der Waals surface area contributed by atoms with E-state index in [-0.39, 0.29) is 29.6 Å². The van der Waals surface area contributed by atoms with Gasteiger partial charge in [-0.15, -0.1) is 0 Å². The third kappa shape index (κ3) is 5.92. The maximum absolute atomic E-state index is 11.1. The molecule has 5 nitrogen and oxygen atoms in total. The van der Waals surface area contributed by atoms with Crippen molar-refractivity contribution in [3.05, 3.63) is 47.7 Å². The zero-order valence-electron chi connectivity index (χ0n) is 11.2. The van der Waals surface area contributed by atoms with E-state index in [1.54, 1.807) is 37.3 Å². The van der Waals surface area contributed by atoms with Crippen LogP contribution in [0.4, 0.5) is 0 Å². The molecule has 0 aliphatic heterocycles. The molecule has 0 heterocycles. The van der Waals surface area contributed by atoms with Crippen LogP contribution in [0.15, 0.2) is 42.1 Å². The summed E-state index contributed by atoms with van der Waals surface area (Å²) < 4.78 is 4.45. The number of allylic oxidation sites excluding steroid dienone is 1. The molecular formula is C13H14NNaO4. The molecule has 0 radical (unpaired) electrons. The second-order valence-corrected chi connectivity index (χ2v) is 3.66. The van der Waals surface area contributed by atoms with Gasteiger partial charge in [0.15, 0.2) is 0 Å². The van der Waals surface area contributed by atoms with Crippen LogP contribution < -0.4 is 40.0 Å². The first-order valence-electron chi connectivity index (χ1n) is 5.33. The predicted molar refractivity (Wildman–Crippen MR) is 63.1 cm³/mol. The number of carbonyl (C=O) groups is 2. The summed E-state index contributed by atoms with van der Waals surface area (Å²) >= 11 is 0. The molecule has 0 spiro atoms. The molecule has 1 aromatic rings. The number of ether oxygens (including phenoxy) is 1. The molecule has 96 valence electrons. The maximum Gasteiger partial charge on any atom is 1.00 e. The Morgan fingerprint density at radius 2 is 1.89 bits per heavy atom. The molecule has 1 N–H and O–H groups in total. The molecule has 1 aromatic carbocycles. The standard InChI is InChI=1S/C13H15NO4.Na/c1-9(8-11(15)18-2)14-12(13(16)17)10-6-4-3-5-7-10;/h3-8,12,14H,1-2H3,(H,16,17);/q;+1/p-1/t12-;/m1./s1. The SMILES string of the molecule is COC(=O)C=C(C)N[C@@H](C(=O)[O-])c1ccccc1.[Na+]. The van der Waals surface area contributed by atoms with Gasteiger partial charge in [-0.25, -0.2) is 4.79 Å². The molecule has 0 fully saturated rings. The Kier molecular flexibility index (Phi) is 8.14. The molecular weight excluding hydrogens is 257 g/mol. The maximum atomic E-state index is 11.1. The van der Waals surface area contributed by atoms with Gasteiger partial charge in [0.1, 0.15) is 0 Å². The third-order valence-corrected chi connectivity index (χ3v) is 2.28. The number of hydrogen-bond acceptors (Lipinski definition) is 5. The van der Waals surface area contributed by atoms with Crippen LogP contribution in [0.5, 0.6) is 0 Å². The van der Waals surface area contributed by atoms with E-state index in [1.807, 2.05) is 0 Å². The van der Waals surface area contributed by atoms with Gasteiger partial charge in [-0.2, -0.15) is 0 Å². The minimum Gasteiger partial charge on any atom is -0.548 e. The third-order valence-electron chi connectivity index (χ3n) is 2.28. The smallest absolute Gasteiger partial charge is 0.548 e. The van der Waals surface area contributed by atoms with Crippen LogP contribution >= 0.6 is 0 Å². The van der Waals surface area contributed by atoms with E-state index < -0.39 is 18.0 Å². The largest absolute Gasteiger partial charge is 1.00 e. The normalized spacial score (nSPS) is 12.0. The zero-order valence-corrected chi connectivity index (χ0v) is 13.2. The van der Waals surface area contributed by atoms with Gasteiger partial charge >= 0.3 is 35.5 Å². The monoisotopic (exact) mass is 271 g/mol. The van der Waals surface area contributed by atoms with Crippen LogP contribution in [0, 0.1) is 0 Å². The Morgan fingerprint density at radius 3 is 2.37 bits per heavy atom. The van der Waals surface area contributed by atoms with Gasteiger partial charge < -0.3 is 20.0 Å². The minimum atomic E-state index is -1.26. The van der Waals surface area contributed by atoms with E-state index >= 15 is 0 Å². The summed E-state index contributed by atoms with van der Waals surface area (Å²) in [5.41, 5.74) is 0.940. The van der Waals surface area contributed by atoms with E-state index in [2.05, 4.69) is 10.1 Å². The number of methoxy groups -OCH3 is 1. The molecule has 0 bridgehead atoms. The van der Waals surface area contributed by atoms with Crippen molar-refractivity contribution < 1.29 is 49.0 Å². The van der Waals surface area contributed by atoms with Gasteiger partial charge in [0.25, 0.3) is 0 Å². The number of carbonyl (C=O) groups excluding carboxylic acids is 2. The van der Waals surface area contributed by atoms with Gasteiger partial charge in [-0.1, -0.05) is 30.3 Å². The van der Waals surface area contributed by atoms with Crippen molar-refractivity contribution in [1.29, 1.82) is 0 Å². The number of hydrogen-bond donors (Lipinski definition) is 1. The van der Waals surface area contributed by atoms with E-state index in [4.69, 9.17) is 0 Å². The fourth-order valence-corrected chi connectivity index (χ4v) is 1.43. The van der Waals surface area contributed by atoms with E-state index in [0.717, 1.165) is 0 Å². The van der Waals surface area contributed by atoms with Crippen molar-refractivity contribution in [2.75, 3.05) is 7.11 Å². The fraction of sp³-hybridized carbons (Fsp3) is 0.231. The van der Waals surface area contributed by atoms with Gasteiger partial charge in [0.05, 0.1) is 19.1 Å². The Morgan fingerprint density at radius 1 is 1.32 bits per heavy atom. The molecule has 0 saturated carbocycles. The summed E-state index contributed by atoms with van der Waals surface area (Å²) in [4.78, 5) is 22.1. The van der Waals surface area contributed by atoms with Crippen LogP contribution in [0.2, 0.25) is 0 Å². The van der Waals surface area contributed by atoms with Crippen LogP contribution in [0.25, 0.3) is 0 Å². The molecule has 0 amide bonds. The quantitative estimate of drug-likeness (QED) is 0.354. The van der Waals surface area contributed by atoms with Crippen molar-refractivity contribution >= 4 is 11.9 Å². The van der Waals surface area contributed by atoms with Gasteiger partial charge in [-0.3, -0.25) is 0 Å². The topological polar surface area (TPSA) is 78.5 Å². The summed E-state index contributed by atoms with van der Waals surface area (Å²) in [6.45, 7) is 1.58. The van der Waals surface area contributed by atoms with E-state index in [9.17, 15) is 14.7 Å². The van der Waals surface area contributed by atoms with Gasteiger partial charge in [0.2, 0.25) is 0 Å². The van der Waals surface area contributed by atoms with Crippen molar-refractivity contribution in [1.82, 2.24) is 5.32 Å². The second-order valence-electron chi connectivity index (χ2n) is 3.66. The average molecular weight is 271 g/mol. The number of nitrogens with one attached hydrogen (secondary N) is 1. The summed E-state index contributed by atoms with van der Waals surface area (Å²) in [6.07, 6.45) is 1.18. The Balaban J connectivity index is 0.00000324. The van der Waals surface area contributed by atoms with Crippen LogP contribution in [-0.4, -0.2) is 19.0 Å². The average Bonchev–Trinajstić information content (AvgIpc) is 2.36. The summed E-state index contributed by atoms with van der Waals surface area (Å²) in [6, 6.07) is 7.57. The molecule has 1 atom stereocenters. The Hall–Kier alpha value is -1.30. The first kappa shape index (κ1) is 17.7. The van der Waals surface area contributed by atoms with Crippen molar-refractivity contribution in [2.24, 2.45) is 0 Å². The summed E-state index contributed by atoms with van der Waals surface area (Å²) in [5, 5.41) is 13.8. The number of benzene rings is 1. The molecule has 0 aromatic heterocycles. The Labute approximate surface area is 133 Å². The second kappa shape index (κ2) is 8.74. The minimum absolute atomic E-state index is 0. The van der Waals surface area contributed by atoms with Crippen molar-refractivity contribution in [3.63, 3.8) is 0 Å². The number of carboxylic acid groups (broad SMARTS) is 1. The van der Waals surface area contributed by atoms with Gasteiger partial charge in [-0.05, 0) is 12.5 Å². The van der Waals surface area contributed by atoms with Crippen molar-refractivity contribution in [2.45, 2.75) is 13.0 Å². The van der Waals surface area contributed by atoms with E-state index in [0.29, 0.717) is 11.3 Å². The molecule has 0 saturated heterocycles. The molecule has 0 aliphatic carbocycles. The van der Waals surface area contributed by atoms with Crippen LogP contribution in [0.1, 0.15) is 18.5 Å². The van der Waals surface area contributed by atoms with Crippen LogP contribution in [0.3, 0.4) is 0 Å². The predicted octanol–water partition coefficient (Wildman–Crippen LogP) is -2.85. The Bertz CT molecular complexity index is 459. The summed E-state index contributed by atoms with van der Waals surface area (Å²) in [7, 11) is 1.25. The first-order valence-corrected chi connectivity index (χ1v) is 5.33. The number of carboxylic acids is 1. The van der Waals surface area contributed by atoms with Crippen molar-refractivity contribution in [3.8, 4) is 0 Å². The van der Waals surface area contributed by atoms with E-state index in [1.165, 1.54) is 13.2 Å². The van der Waals surface area contributed by atoms with Gasteiger partial charge in [0, 0.05) is 11.8 Å². The molecule has 1 rings (SSSR count).